The van der Waals surface area contributed by atoms with Crippen LogP contribution in [-0.2, 0) is 21.1 Å². The van der Waals surface area contributed by atoms with Crippen LogP contribution in [-0.4, -0.2) is 24.2 Å². The van der Waals surface area contributed by atoms with Crippen molar-refractivity contribution in [3.05, 3.63) is 252 Å². The Kier molecular flexibility index (Phi) is 24.9. The summed E-state index contributed by atoms with van der Waals surface area (Å²) in [6.45, 7) is 43.9. The molecule has 3 saturated carbocycles. The molecule has 9 aromatic carbocycles. The summed E-state index contributed by atoms with van der Waals surface area (Å²) in [6, 6.07) is 79.6. The highest BCUT2D eigenvalue weighted by molar-refractivity contribution is 6.95. The van der Waals surface area contributed by atoms with Crippen molar-refractivity contribution in [1.29, 1.82) is 0 Å². The zero-order chi connectivity index (χ0) is 79.7. The largest absolute Gasteiger partial charge is 0.220 e. The maximum Gasteiger partial charge on any atom is 0.220 e. The maximum absolute atomic E-state index is 2.57. The van der Waals surface area contributed by atoms with E-state index in [0.29, 0.717) is 39.4 Å². The first-order valence-corrected chi connectivity index (χ1v) is 51.2. The van der Waals surface area contributed by atoms with Crippen molar-refractivity contribution in [1.82, 2.24) is 0 Å². The molecule has 0 bridgehead atoms. The second-order valence-electron chi connectivity index (χ2n) is 37.3. The molecule has 3 nitrogen and oxygen atoms in total. The number of rotatable bonds is 18. The van der Waals surface area contributed by atoms with E-state index in [0.717, 1.165) is 5.54 Å². The molecule has 0 atom stereocenters. The third-order valence-electron chi connectivity index (χ3n) is 29.1. The predicted molar refractivity (Wildman–Crippen MR) is 495 cm³/mol. The predicted octanol–water partition coefficient (Wildman–Crippen LogP) is 27.6. The summed E-state index contributed by atoms with van der Waals surface area (Å²) in [5, 5.41) is 13.3. The highest BCUT2D eigenvalue weighted by Gasteiger charge is 2.45. The van der Waals surface area contributed by atoms with Crippen LogP contribution in [0.15, 0.2) is 219 Å². The number of nitrogens with zero attached hydrogens (tertiary/aromatic N) is 3. The quantitative estimate of drug-likeness (QED) is 0.0599. The fourth-order valence-electron chi connectivity index (χ4n) is 21.7. The summed E-state index contributed by atoms with van der Waals surface area (Å²) in [6.07, 6.45) is 22.9. The normalized spacial score (nSPS) is 14.9. The molecule has 112 heavy (non-hydrogen) atoms. The van der Waals surface area contributed by atoms with E-state index >= 15 is 0 Å². The van der Waals surface area contributed by atoms with Crippen molar-refractivity contribution in [2.45, 2.75) is 258 Å². The molecule has 0 unspecified atom stereocenters. The lowest BCUT2D eigenvalue weighted by Crippen LogP contribution is -2.55. The van der Waals surface area contributed by atoms with Crippen molar-refractivity contribution >= 4 is 72.1 Å². The van der Waals surface area contributed by atoms with Crippen molar-refractivity contribution in [2.24, 2.45) is 21.1 Å². The van der Waals surface area contributed by atoms with Crippen molar-refractivity contribution in [3.8, 4) is 67.2 Å². The molecule has 0 aliphatic heterocycles. The van der Waals surface area contributed by atoms with Gasteiger partial charge in [-0.1, -0.05) is 315 Å². The van der Waals surface area contributed by atoms with Gasteiger partial charge < -0.3 is 0 Å². The third-order valence-corrected chi connectivity index (χ3v) is 47.9. The molecule has 0 radical (unpaired) electrons. The smallest absolute Gasteiger partial charge is 0.200 e. The molecule has 0 N–H and O–H groups in total. The minimum atomic E-state index is -1.73. The van der Waals surface area contributed by atoms with Gasteiger partial charge in [-0.3, -0.25) is 0 Å². The zero-order valence-electron chi connectivity index (χ0n) is 72.6. The number of aryl methyl sites for hydroxylation is 3. The summed E-state index contributed by atoms with van der Waals surface area (Å²) >= 11 is 0. The monoisotopic (exact) mass is 1530 g/mol. The number of benzene rings is 9. The van der Waals surface area contributed by atoms with E-state index < -0.39 is 24.2 Å². The van der Waals surface area contributed by atoms with Crippen LogP contribution < -0.4 is 29.3 Å². The second-order valence-corrected chi connectivity index (χ2v) is 54.0. The second kappa shape index (κ2) is 34.1. The van der Waals surface area contributed by atoms with Gasteiger partial charge in [-0.2, -0.15) is 0 Å². The van der Waals surface area contributed by atoms with Gasteiger partial charge in [-0.05, 0) is 224 Å². The summed E-state index contributed by atoms with van der Waals surface area (Å²) < 4.78 is 7.05. The molecule has 0 saturated heterocycles. The van der Waals surface area contributed by atoms with Gasteiger partial charge in [0.2, 0.25) is 17.1 Å². The van der Waals surface area contributed by atoms with Crippen molar-refractivity contribution in [2.75, 3.05) is 0 Å². The first-order chi connectivity index (χ1) is 53.6. The number of pyridine rings is 3. The van der Waals surface area contributed by atoms with E-state index in [1.54, 1.807) is 32.3 Å². The van der Waals surface area contributed by atoms with Crippen molar-refractivity contribution in [3.63, 3.8) is 0 Å². The summed E-state index contributed by atoms with van der Waals surface area (Å²) in [4.78, 5) is 0. The molecule has 3 aliphatic carbocycles. The number of hydrogen-bond donors (Lipinski definition) is 0. The Labute approximate surface area is 679 Å². The van der Waals surface area contributed by atoms with Gasteiger partial charge in [0.25, 0.3) is 0 Å². The minimum Gasteiger partial charge on any atom is -0.200 e. The molecule has 3 fully saturated rings. The van der Waals surface area contributed by atoms with Gasteiger partial charge in [-0.25, -0.2) is 13.7 Å². The molecule has 15 rings (SSSR count). The van der Waals surface area contributed by atoms with E-state index in [1.807, 2.05) is 0 Å². The van der Waals surface area contributed by atoms with Crippen molar-refractivity contribution < 1.29 is 13.7 Å². The molecular weight excluding hydrogens is 1400 g/mol. The Morgan fingerprint density at radius 1 is 0.339 bits per heavy atom. The minimum absolute atomic E-state index is 0.319. The van der Waals surface area contributed by atoms with Gasteiger partial charge >= 0.3 is 0 Å². The Morgan fingerprint density at radius 3 is 0.911 bits per heavy atom. The van der Waals surface area contributed by atoms with Crippen LogP contribution in [0.5, 0.6) is 0 Å². The summed E-state index contributed by atoms with van der Waals surface area (Å²) in [7, 11) is 1.80. The molecular formula is C106H134N3Si3+3. The fraction of sp³-hybridized carbons (Fsp3) is 0.406. The Morgan fingerprint density at radius 2 is 0.625 bits per heavy atom. The lowest BCUT2D eigenvalue weighted by atomic mass is 9.85. The average molecular weight is 1530 g/mol. The van der Waals surface area contributed by atoms with E-state index in [9.17, 15) is 0 Å². The molecule has 582 valence electrons. The van der Waals surface area contributed by atoms with Crippen LogP contribution in [0.3, 0.4) is 0 Å². The SMILES string of the molecule is CC[Si](CC)(c1ccc2c(-c3cc(-c4ccccc4)cc(C4CCCC4)c3C)[n+](C)ccc2c1)C(C)C.Cc1c(-c2c3ccc([Si](C(C)C)(C(C)C)C(C)C)cc3cc[n+]2C)cc(-c2ccccc2)cc1C1CCCC1.Cc1c(-c2c3ccc([Si](C)(C)C(C)(C)C)cc3cc[n+]2C)cc(-c2ccccc2)cc1C1CCCC1. The number of fused-ring (bicyclic) bond motifs is 3. The fourth-order valence-corrected chi connectivity index (χ4v) is 34.8. The van der Waals surface area contributed by atoms with Gasteiger partial charge in [0.1, 0.15) is 21.1 Å². The highest BCUT2D eigenvalue weighted by Crippen LogP contribution is 2.48. The first kappa shape index (κ1) is 81.9. The summed E-state index contributed by atoms with van der Waals surface area (Å²) in [5.41, 5.74) is 28.1. The first-order valence-electron chi connectivity index (χ1n) is 43.5. The maximum atomic E-state index is 2.57. The average Bonchev–Trinajstić information content (AvgIpc) is 1.40. The van der Waals surface area contributed by atoms with Gasteiger partial charge in [-0.15, -0.1) is 0 Å². The topological polar surface area (TPSA) is 11.6 Å². The van der Waals surface area contributed by atoms with E-state index in [2.05, 4.69) is 377 Å². The van der Waals surface area contributed by atoms with Gasteiger partial charge in [0, 0.05) is 18.2 Å². The van der Waals surface area contributed by atoms with Crippen LogP contribution >= 0.6 is 0 Å². The molecule has 3 heterocycles. The number of hydrogen-bond acceptors (Lipinski definition) is 0. The molecule has 0 spiro atoms. The molecule has 12 aromatic rings. The van der Waals surface area contributed by atoms with Crippen LogP contribution in [0.25, 0.3) is 99.5 Å². The van der Waals surface area contributed by atoms with E-state index in [1.165, 1.54) is 205 Å². The lowest BCUT2D eigenvalue weighted by molar-refractivity contribution is -0.659. The van der Waals surface area contributed by atoms with Crippen LogP contribution in [0.2, 0.25) is 52.4 Å². The van der Waals surface area contributed by atoms with Crippen LogP contribution in [0, 0.1) is 20.8 Å². The third kappa shape index (κ3) is 15.8. The highest BCUT2D eigenvalue weighted by atomic mass is 28.3. The van der Waals surface area contributed by atoms with E-state index in [4.69, 9.17) is 0 Å². The standard InChI is InChI=1S/C37H48NSi.C35H44NSi.C34H42NSi/c1-25(2)39(26(3)4,27(5)6)33-18-19-34-31(22-33)20-21-38(8)37(34)36-24-32(29-14-10-9-11-15-29)23-35(28(36)7)30-16-12-13-17-30;1-7-37(8-2,25(3)4)31-18-19-32-29(22-31)20-21-36(6)35(32)34-24-30(27-14-10-9-11-15-27)23-33(26(34)5)28-16-12-13-17-28;1-24-31(26-15-11-12-16-26)22-28(25-13-9-8-10-14-25)23-32(24)33-30-18-17-29(36(6,7)34(2,3)4)21-27(30)19-20-35(33)5/h9-11,14-15,18-27,30H,12-13,16-17H2,1-8H3;9-11,14-15,18-25,28H,7-8,12-13,16-17H2,1-6H3;8-10,13-14,17-23,26H,11-12,15-16H2,1-7H3/q3*+1. The summed E-state index contributed by atoms with van der Waals surface area (Å²) in [5.74, 6) is 2.04. The van der Waals surface area contributed by atoms with Crippen LogP contribution in [0.4, 0.5) is 0 Å². The van der Waals surface area contributed by atoms with Crippen LogP contribution in [0.1, 0.15) is 218 Å². The Balaban J connectivity index is 0.000000147. The molecule has 6 heteroatoms. The Bertz CT molecular complexity index is 5290. The molecule has 3 aromatic heterocycles. The number of aromatic nitrogens is 3. The molecule has 3 aliphatic rings. The van der Waals surface area contributed by atoms with Gasteiger partial charge in [0.15, 0.2) is 18.6 Å². The van der Waals surface area contributed by atoms with E-state index in [-0.39, 0.29) is 0 Å². The Hall–Kier alpha value is -8.14. The van der Waals surface area contributed by atoms with Gasteiger partial charge in [0.05, 0.1) is 57.1 Å². The molecule has 0 amide bonds. The lowest BCUT2D eigenvalue weighted by Gasteiger charge is -2.43. The zero-order valence-corrected chi connectivity index (χ0v) is 75.6.